The molecule has 0 atom stereocenters. The van der Waals surface area contributed by atoms with Gasteiger partial charge >= 0.3 is 0 Å². The lowest BCUT2D eigenvalue weighted by Crippen LogP contribution is -2.55. The van der Waals surface area contributed by atoms with Gasteiger partial charge in [-0.25, -0.2) is 10.0 Å². The van der Waals surface area contributed by atoms with E-state index in [1.807, 2.05) is 41.4 Å². The minimum absolute atomic E-state index is 0.0811. The summed E-state index contributed by atoms with van der Waals surface area (Å²) in [4.78, 5) is 25.9. The quantitative estimate of drug-likeness (QED) is 0.786. The molecule has 130 valence electrons. The topological polar surface area (TPSA) is 69.9 Å². The Hall–Kier alpha value is -2.51. The smallest absolute Gasteiger partial charge is 0.244 e. The molecule has 0 spiro atoms. The standard InChI is InChI=1S/C18H20N4O3/c23-17-6-7-18(24)22(17)21-10-8-20(9-11-21)13-15-12-16(25-19-15)14-4-2-1-3-5-14/h1-5,12H,6-11,13H2. The minimum Gasteiger partial charge on any atom is -0.356 e. The number of hydrogen-bond donors (Lipinski definition) is 0. The van der Waals surface area contributed by atoms with Crippen LogP contribution in [0.1, 0.15) is 18.5 Å². The number of imide groups is 1. The SMILES string of the molecule is O=C1CCC(=O)N1N1CCN(Cc2cc(-c3ccccc3)on2)CC1. The molecular formula is C18H20N4O3. The van der Waals surface area contributed by atoms with Crippen molar-refractivity contribution in [1.29, 1.82) is 0 Å². The number of carbonyl (C=O) groups excluding carboxylic acids is 2. The van der Waals surface area contributed by atoms with Crippen LogP contribution in [-0.4, -0.2) is 58.1 Å². The third kappa shape index (κ3) is 3.33. The van der Waals surface area contributed by atoms with E-state index in [0.717, 1.165) is 30.1 Å². The summed E-state index contributed by atoms with van der Waals surface area (Å²) in [5.74, 6) is 0.604. The molecule has 1 aromatic carbocycles. The van der Waals surface area contributed by atoms with Gasteiger partial charge in [0.15, 0.2) is 5.76 Å². The van der Waals surface area contributed by atoms with Gasteiger partial charge in [0.2, 0.25) is 11.8 Å². The van der Waals surface area contributed by atoms with Gasteiger partial charge in [-0.1, -0.05) is 35.5 Å². The maximum atomic E-state index is 11.8. The van der Waals surface area contributed by atoms with Crippen LogP contribution in [0.15, 0.2) is 40.9 Å². The monoisotopic (exact) mass is 340 g/mol. The van der Waals surface area contributed by atoms with Crippen molar-refractivity contribution in [3.8, 4) is 11.3 Å². The highest BCUT2D eigenvalue weighted by Crippen LogP contribution is 2.21. The third-order valence-corrected chi connectivity index (χ3v) is 4.66. The third-order valence-electron chi connectivity index (χ3n) is 4.66. The largest absolute Gasteiger partial charge is 0.356 e. The van der Waals surface area contributed by atoms with Crippen molar-refractivity contribution in [2.75, 3.05) is 26.2 Å². The number of hydrazine groups is 1. The van der Waals surface area contributed by atoms with E-state index < -0.39 is 0 Å². The van der Waals surface area contributed by atoms with E-state index in [-0.39, 0.29) is 11.8 Å². The van der Waals surface area contributed by atoms with Crippen molar-refractivity contribution in [2.45, 2.75) is 19.4 Å². The van der Waals surface area contributed by atoms with E-state index in [1.165, 1.54) is 5.01 Å². The Balaban J connectivity index is 1.34. The second kappa shape index (κ2) is 6.78. The molecule has 1 aromatic heterocycles. The number of rotatable bonds is 4. The van der Waals surface area contributed by atoms with Crippen molar-refractivity contribution < 1.29 is 14.1 Å². The minimum atomic E-state index is -0.0811. The molecule has 0 saturated carbocycles. The molecular weight excluding hydrogens is 320 g/mol. The molecule has 4 rings (SSSR count). The first kappa shape index (κ1) is 16.0. The molecule has 2 aliphatic rings. The van der Waals surface area contributed by atoms with Gasteiger partial charge < -0.3 is 4.52 Å². The summed E-state index contributed by atoms with van der Waals surface area (Å²) < 4.78 is 5.44. The van der Waals surface area contributed by atoms with E-state index in [0.29, 0.717) is 32.5 Å². The molecule has 2 fully saturated rings. The first-order valence-electron chi connectivity index (χ1n) is 8.55. The molecule has 0 N–H and O–H groups in total. The Morgan fingerprint density at radius 1 is 0.960 bits per heavy atom. The molecule has 0 aliphatic carbocycles. The predicted molar refractivity (Wildman–Crippen MR) is 89.9 cm³/mol. The van der Waals surface area contributed by atoms with Gasteiger partial charge in [0, 0.05) is 57.2 Å². The fourth-order valence-electron chi connectivity index (χ4n) is 3.33. The molecule has 2 amide bonds. The summed E-state index contributed by atoms with van der Waals surface area (Å²) in [6, 6.07) is 11.9. The Morgan fingerprint density at radius 2 is 1.64 bits per heavy atom. The van der Waals surface area contributed by atoms with Crippen LogP contribution >= 0.6 is 0 Å². The van der Waals surface area contributed by atoms with Gasteiger partial charge in [0.25, 0.3) is 0 Å². The van der Waals surface area contributed by atoms with Crippen molar-refractivity contribution in [3.63, 3.8) is 0 Å². The number of carbonyl (C=O) groups is 2. The lowest BCUT2D eigenvalue weighted by atomic mass is 10.1. The second-order valence-corrected chi connectivity index (χ2v) is 6.38. The number of aromatic nitrogens is 1. The van der Waals surface area contributed by atoms with Gasteiger partial charge in [0.1, 0.15) is 0 Å². The van der Waals surface area contributed by atoms with Gasteiger partial charge in [-0.15, -0.1) is 0 Å². The Labute approximate surface area is 145 Å². The number of amides is 2. The van der Waals surface area contributed by atoms with Crippen LogP contribution in [0.3, 0.4) is 0 Å². The zero-order chi connectivity index (χ0) is 17.2. The van der Waals surface area contributed by atoms with Crippen molar-refractivity contribution in [1.82, 2.24) is 20.1 Å². The van der Waals surface area contributed by atoms with Gasteiger partial charge in [-0.05, 0) is 0 Å². The molecule has 0 unspecified atom stereocenters. The highest BCUT2D eigenvalue weighted by molar-refractivity contribution is 6.01. The van der Waals surface area contributed by atoms with Crippen LogP contribution in [0.5, 0.6) is 0 Å². The average Bonchev–Trinajstić information content (AvgIpc) is 3.23. The van der Waals surface area contributed by atoms with Crippen molar-refractivity contribution >= 4 is 11.8 Å². The molecule has 2 saturated heterocycles. The van der Waals surface area contributed by atoms with Gasteiger partial charge in [-0.3, -0.25) is 14.5 Å². The van der Waals surface area contributed by atoms with Crippen LogP contribution in [0.25, 0.3) is 11.3 Å². The lowest BCUT2D eigenvalue weighted by molar-refractivity contribution is -0.160. The second-order valence-electron chi connectivity index (χ2n) is 6.38. The van der Waals surface area contributed by atoms with E-state index in [2.05, 4.69) is 10.1 Å². The Bertz CT molecular complexity index is 750. The summed E-state index contributed by atoms with van der Waals surface area (Å²) in [5.41, 5.74) is 1.90. The van der Waals surface area contributed by atoms with Crippen LogP contribution < -0.4 is 0 Å². The molecule has 3 heterocycles. The Morgan fingerprint density at radius 3 is 2.32 bits per heavy atom. The lowest BCUT2D eigenvalue weighted by Gasteiger charge is -2.37. The predicted octanol–water partition coefficient (Wildman–Crippen LogP) is 1.52. The summed E-state index contributed by atoms with van der Waals surface area (Å²) in [7, 11) is 0. The summed E-state index contributed by atoms with van der Waals surface area (Å²) >= 11 is 0. The van der Waals surface area contributed by atoms with Crippen molar-refractivity contribution in [3.05, 3.63) is 42.1 Å². The molecule has 2 aliphatic heterocycles. The Kier molecular flexibility index (Phi) is 4.33. The van der Waals surface area contributed by atoms with Gasteiger partial charge in [0.05, 0.1) is 5.69 Å². The normalized spacial score (nSPS) is 19.8. The van der Waals surface area contributed by atoms with Crippen LogP contribution in [0, 0.1) is 0 Å². The zero-order valence-corrected chi connectivity index (χ0v) is 13.9. The molecule has 0 radical (unpaired) electrons. The van der Waals surface area contributed by atoms with E-state index in [1.54, 1.807) is 0 Å². The average molecular weight is 340 g/mol. The van der Waals surface area contributed by atoms with Crippen LogP contribution in [0.2, 0.25) is 0 Å². The molecule has 7 heteroatoms. The maximum Gasteiger partial charge on any atom is 0.244 e. The highest BCUT2D eigenvalue weighted by Gasteiger charge is 2.35. The van der Waals surface area contributed by atoms with E-state index in [4.69, 9.17) is 4.52 Å². The molecule has 0 bridgehead atoms. The maximum absolute atomic E-state index is 11.8. The van der Waals surface area contributed by atoms with Crippen LogP contribution in [-0.2, 0) is 16.1 Å². The zero-order valence-electron chi connectivity index (χ0n) is 13.9. The first-order chi connectivity index (χ1) is 12.2. The molecule has 2 aromatic rings. The highest BCUT2D eigenvalue weighted by atomic mass is 16.5. The van der Waals surface area contributed by atoms with E-state index >= 15 is 0 Å². The summed E-state index contributed by atoms with van der Waals surface area (Å²) in [5, 5.41) is 7.36. The van der Waals surface area contributed by atoms with E-state index in [9.17, 15) is 9.59 Å². The number of benzene rings is 1. The number of piperazine rings is 1. The number of hydrogen-bond acceptors (Lipinski definition) is 6. The molecule has 7 nitrogen and oxygen atoms in total. The summed E-state index contributed by atoms with van der Waals surface area (Å²) in [6.07, 6.45) is 0.667. The van der Waals surface area contributed by atoms with Gasteiger partial charge in [-0.2, -0.15) is 0 Å². The fourth-order valence-corrected chi connectivity index (χ4v) is 3.33. The summed E-state index contributed by atoms with van der Waals surface area (Å²) in [6.45, 7) is 3.60. The fraction of sp³-hybridized carbons (Fsp3) is 0.389. The van der Waals surface area contributed by atoms with Crippen molar-refractivity contribution in [2.24, 2.45) is 0 Å². The number of nitrogens with zero attached hydrogens (tertiary/aromatic N) is 4. The first-order valence-corrected chi connectivity index (χ1v) is 8.55. The molecule has 25 heavy (non-hydrogen) atoms. The van der Waals surface area contributed by atoms with Crippen LogP contribution in [0.4, 0.5) is 0 Å².